The van der Waals surface area contributed by atoms with Crippen LogP contribution in [-0.2, 0) is 11.3 Å². The topological polar surface area (TPSA) is 41.4 Å². The molecule has 1 aromatic heterocycles. The van der Waals surface area contributed by atoms with Gasteiger partial charge in [0, 0.05) is 50.9 Å². The second-order valence-electron chi connectivity index (χ2n) is 6.21. The fourth-order valence-electron chi connectivity index (χ4n) is 2.91. The lowest BCUT2D eigenvalue weighted by atomic mass is 9.95. The van der Waals surface area contributed by atoms with Gasteiger partial charge in [-0.3, -0.25) is 4.79 Å². The number of carbonyl (C=O) groups is 1. The maximum absolute atomic E-state index is 12.0. The highest BCUT2D eigenvalue weighted by Gasteiger charge is 2.25. The molecule has 1 fully saturated rings. The molecule has 5 heteroatoms. The number of likely N-dealkylation sites (tertiary alicyclic amines) is 1. The zero-order valence-corrected chi connectivity index (χ0v) is 14.0. The predicted octanol–water partition coefficient (Wildman–Crippen LogP) is 2.12. The van der Waals surface area contributed by atoms with Crippen LogP contribution in [0.1, 0.15) is 37.9 Å². The van der Waals surface area contributed by atoms with Gasteiger partial charge in [-0.15, -0.1) is 0 Å². The van der Waals surface area contributed by atoms with Crippen molar-refractivity contribution in [2.45, 2.75) is 38.6 Å². The first-order valence-electron chi connectivity index (χ1n) is 8.16. The van der Waals surface area contributed by atoms with Crippen LogP contribution in [0.15, 0.2) is 24.5 Å². The molecule has 0 bridgehead atoms. The molecule has 2 rings (SSSR count). The van der Waals surface area contributed by atoms with E-state index in [4.69, 9.17) is 0 Å². The minimum absolute atomic E-state index is 0.243. The van der Waals surface area contributed by atoms with Crippen molar-refractivity contribution in [3.8, 4) is 0 Å². The summed E-state index contributed by atoms with van der Waals surface area (Å²) in [6.45, 7) is 5.64. The van der Waals surface area contributed by atoms with Gasteiger partial charge in [0.15, 0.2) is 0 Å². The largest absolute Gasteiger partial charge is 0.342 e. The molecule has 0 aliphatic carbocycles. The van der Waals surface area contributed by atoms with Crippen molar-refractivity contribution in [1.82, 2.24) is 19.4 Å². The van der Waals surface area contributed by atoms with E-state index in [1.807, 2.05) is 30.2 Å². The fraction of sp³-hybridized carbons (Fsp3) is 0.647. The third kappa shape index (κ3) is 4.44. The first-order chi connectivity index (χ1) is 10.6. The molecular weight excluding hydrogens is 276 g/mol. The van der Waals surface area contributed by atoms with Gasteiger partial charge in [-0.25, -0.2) is 4.98 Å². The highest BCUT2D eigenvalue weighted by Crippen LogP contribution is 2.27. The van der Waals surface area contributed by atoms with Gasteiger partial charge in [-0.1, -0.05) is 12.2 Å². The highest BCUT2D eigenvalue weighted by atomic mass is 16.2. The highest BCUT2D eigenvalue weighted by molar-refractivity contribution is 5.77. The van der Waals surface area contributed by atoms with E-state index in [1.54, 1.807) is 0 Å². The molecule has 0 saturated carbocycles. The van der Waals surface area contributed by atoms with Crippen molar-refractivity contribution >= 4 is 5.91 Å². The number of aromatic nitrogens is 2. The molecule has 22 heavy (non-hydrogen) atoms. The minimum Gasteiger partial charge on any atom is -0.342 e. The summed E-state index contributed by atoms with van der Waals surface area (Å²) in [6.07, 6.45) is 10.4. The SMILES string of the molecule is C/C=C/CC(=O)N1CCC(c2nccn2CCN(C)C)CC1. The quantitative estimate of drug-likeness (QED) is 0.756. The maximum Gasteiger partial charge on any atom is 0.226 e. The summed E-state index contributed by atoms with van der Waals surface area (Å²) in [5.41, 5.74) is 0. The van der Waals surface area contributed by atoms with E-state index in [0.717, 1.165) is 39.0 Å². The summed E-state index contributed by atoms with van der Waals surface area (Å²) in [7, 11) is 4.18. The zero-order chi connectivity index (χ0) is 15.9. The molecule has 0 spiro atoms. The molecular formula is C17H28N4O. The first-order valence-corrected chi connectivity index (χ1v) is 8.16. The number of hydrogen-bond donors (Lipinski definition) is 0. The molecule has 1 aliphatic rings. The summed E-state index contributed by atoms with van der Waals surface area (Å²) in [4.78, 5) is 20.8. The standard InChI is InChI=1S/C17H28N4O/c1-4-5-6-16(22)20-10-7-15(8-11-20)17-18-9-12-21(17)14-13-19(2)3/h4-5,9,12,15H,6-8,10-11,13-14H2,1-3H3/b5-4+. The van der Waals surface area contributed by atoms with Gasteiger partial charge in [0.1, 0.15) is 5.82 Å². The second-order valence-corrected chi connectivity index (χ2v) is 6.21. The van der Waals surface area contributed by atoms with Crippen LogP contribution in [0.25, 0.3) is 0 Å². The Hall–Kier alpha value is -1.62. The summed E-state index contributed by atoms with van der Waals surface area (Å²) in [5.74, 6) is 1.90. The van der Waals surface area contributed by atoms with E-state index in [2.05, 4.69) is 34.7 Å². The molecule has 2 heterocycles. The van der Waals surface area contributed by atoms with Gasteiger partial charge in [0.2, 0.25) is 5.91 Å². The Kier molecular flexibility index (Phi) is 6.19. The lowest BCUT2D eigenvalue weighted by Crippen LogP contribution is -2.38. The van der Waals surface area contributed by atoms with Gasteiger partial charge in [0.05, 0.1) is 0 Å². The molecule has 5 nitrogen and oxygen atoms in total. The number of imidazole rings is 1. The van der Waals surface area contributed by atoms with Crippen molar-refractivity contribution in [3.63, 3.8) is 0 Å². The van der Waals surface area contributed by atoms with E-state index < -0.39 is 0 Å². The monoisotopic (exact) mass is 304 g/mol. The Labute approximate surface area is 133 Å². The fourth-order valence-corrected chi connectivity index (χ4v) is 2.91. The number of piperidine rings is 1. The molecule has 1 aliphatic heterocycles. The summed E-state index contributed by atoms with van der Waals surface area (Å²) >= 11 is 0. The molecule has 1 aromatic rings. The Morgan fingerprint density at radius 1 is 1.41 bits per heavy atom. The van der Waals surface area contributed by atoms with Crippen LogP contribution in [0.5, 0.6) is 0 Å². The zero-order valence-electron chi connectivity index (χ0n) is 14.0. The van der Waals surface area contributed by atoms with Crippen LogP contribution in [0.4, 0.5) is 0 Å². The predicted molar refractivity (Wildman–Crippen MR) is 88.8 cm³/mol. The molecule has 0 unspecified atom stereocenters. The number of carbonyl (C=O) groups excluding carboxylic acids is 1. The lowest BCUT2D eigenvalue weighted by molar-refractivity contribution is -0.131. The van der Waals surface area contributed by atoms with Crippen LogP contribution < -0.4 is 0 Å². The van der Waals surface area contributed by atoms with Crippen molar-refractivity contribution < 1.29 is 4.79 Å². The Balaban J connectivity index is 1.89. The number of likely N-dealkylation sites (N-methyl/N-ethyl adjacent to an activating group) is 1. The number of rotatable bonds is 6. The van der Waals surface area contributed by atoms with Crippen molar-refractivity contribution in [1.29, 1.82) is 0 Å². The molecule has 1 amide bonds. The molecule has 0 atom stereocenters. The van der Waals surface area contributed by atoms with Gasteiger partial charge in [-0.2, -0.15) is 0 Å². The summed E-state index contributed by atoms with van der Waals surface area (Å²) in [6, 6.07) is 0. The molecule has 0 aromatic carbocycles. The van der Waals surface area contributed by atoms with Crippen LogP contribution in [0, 0.1) is 0 Å². The lowest BCUT2D eigenvalue weighted by Gasteiger charge is -2.32. The molecule has 0 radical (unpaired) electrons. The third-order valence-electron chi connectivity index (χ3n) is 4.28. The van der Waals surface area contributed by atoms with Crippen LogP contribution >= 0.6 is 0 Å². The van der Waals surface area contributed by atoms with Gasteiger partial charge in [0.25, 0.3) is 0 Å². The summed E-state index contributed by atoms with van der Waals surface area (Å²) in [5, 5.41) is 0. The van der Waals surface area contributed by atoms with Crippen molar-refractivity contribution in [2.24, 2.45) is 0 Å². The summed E-state index contributed by atoms with van der Waals surface area (Å²) < 4.78 is 2.27. The van der Waals surface area contributed by atoms with Gasteiger partial charge in [-0.05, 0) is 33.9 Å². The van der Waals surface area contributed by atoms with E-state index in [-0.39, 0.29) is 5.91 Å². The normalized spacial score (nSPS) is 16.8. The Morgan fingerprint density at radius 3 is 2.77 bits per heavy atom. The average molecular weight is 304 g/mol. The number of allylic oxidation sites excluding steroid dienone is 1. The maximum atomic E-state index is 12.0. The molecule has 0 N–H and O–H groups in total. The second kappa shape index (κ2) is 8.13. The third-order valence-corrected chi connectivity index (χ3v) is 4.28. The van der Waals surface area contributed by atoms with Gasteiger partial charge >= 0.3 is 0 Å². The Morgan fingerprint density at radius 2 is 2.14 bits per heavy atom. The van der Waals surface area contributed by atoms with Crippen molar-refractivity contribution in [2.75, 3.05) is 33.7 Å². The number of nitrogens with zero attached hydrogens (tertiary/aromatic N) is 4. The van der Waals surface area contributed by atoms with E-state index in [1.165, 1.54) is 5.82 Å². The van der Waals surface area contributed by atoms with Crippen LogP contribution in [0.3, 0.4) is 0 Å². The first kappa shape index (κ1) is 16.7. The van der Waals surface area contributed by atoms with Gasteiger partial charge < -0.3 is 14.4 Å². The van der Waals surface area contributed by atoms with E-state index >= 15 is 0 Å². The van der Waals surface area contributed by atoms with Crippen molar-refractivity contribution in [3.05, 3.63) is 30.4 Å². The van der Waals surface area contributed by atoms with Crippen LogP contribution in [0.2, 0.25) is 0 Å². The Bertz CT molecular complexity index is 499. The molecule has 122 valence electrons. The van der Waals surface area contributed by atoms with E-state index in [9.17, 15) is 4.79 Å². The van der Waals surface area contributed by atoms with E-state index in [0.29, 0.717) is 12.3 Å². The minimum atomic E-state index is 0.243. The smallest absolute Gasteiger partial charge is 0.226 e. The van der Waals surface area contributed by atoms with Crippen LogP contribution in [-0.4, -0.2) is 59.0 Å². The molecule has 1 saturated heterocycles. The number of hydrogen-bond acceptors (Lipinski definition) is 3. The average Bonchev–Trinajstić information content (AvgIpc) is 2.99. The number of amides is 1.